The van der Waals surface area contributed by atoms with Crippen LogP contribution < -0.4 is 10.2 Å². The first-order valence-corrected chi connectivity index (χ1v) is 7.76. The highest BCUT2D eigenvalue weighted by molar-refractivity contribution is 9.10. The van der Waals surface area contributed by atoms with E-state index in [2.05, 4.69) is 76.3 Å². The first kappa shape index (κ1) is 14.8. The van der Waals surface area contributed by atoms with E-state index in [0.29, 0.717) is 12.1 Å². The highest BCUT2D eigenvalue weighted by atomic mass is 79.9. The molecule has 1 saturated heterocycles. The number of hydrogen-bond donors (Lipinski definition) is 1. The third kappa shape index (κ3) is 4.20. The molecule has 1 heterocycles. The van der Waals surface area contributed by atoms with Gasteiger partial charge in [0.05, 0.1) is 0 Å². The molecule has 4 heteroatoms. The van der Waals surface area contributed by atoms with Crippen molar-refractivity contribution in [3.63, 3.8) is 0 Å². The van der Waals surface area contributed by atoms with Crippen molar-refractivity contribution >= 4 is 21.6 Å². The number of nitrogens with zero attached hydrogens (tertiary/aromatic N) is 2. The van der Waals surface area contributed by atoms with E-state index >= 15 is 0 Å². The van der Waals surface area contributed by atoms with Gasteiger partial charge in [-0.3, -0.25) is 0 Å². The molecule has 0 spiro atoms. The molecular weight excluding hydrogens is 302 g/mol. The molecule has 1 aliphatic rings. The van der Waals surface area contributed by atoms with Crippen molar-refractivity contribution in [3.05, 3.63) is 28.7 Å². The Morgan fingerprint density at radius 3 is 2.89 bits per heavy atom. The Balaban J connectivity index is 2.15. The molecule has 19 heavy (non-hydrogen) atoms. The monoisotopic (exact) mass is 325 g/mol. The van der Waals surface area contributed by atoms with Gasteiger partial charge in [0.15, 0.2) is 0 Å². The Morgan fingerprint density at radius 1 is 1.42 bits per heavy atom. The summed E-state index contributed by atoms with van der Waals surface area (Å²) in [4.78, 5) is 4.78. The van der Waals surface area contributed by atoms with Gasteiger partial charge >= 0.3 is 0 Å². The summed E-state index contributed by atoms with van der Waals surface area (Å²) in [5.41, 5.74) is 1.31. The zero-order valence-corrected chi connectivity index (χ0v) is 13.7. The Kier molecular flexibility index (Phi) is 5.25. The van der Waals surface area contributed by atoms with Crippen LogP contribution in [0.25, 0.3) is 0 Å². The summed E-state index contributed by atoms with van der Waals surface area (Å²) in [5.74, 6) is 0. The molecule has 0 radical (unpaired) electrons. The number of halogens is 1. The van der Waals surface area contributed by atoms with Crippen LogP contribution in [0.1, 0.15) is 13.3 Å². The third-order valence-corrected chi connectivity index (χ3v) is 4.16. The molecule has 1 N–H and O–H groups in total. The summed E-state index contributed by atoms with van der Waals surface area (Å²) in [7, 11) is 4.28. The summed E-state index contributed by atoms with van der Waals surface area (Å²) < 4.78 is 1.15. The lowest BCUT2D eigenvalue weighted by Crippen LogP contribution is -2.45. The van der Waals surface area contributed by atoms with Gasteiger partial charge in [0.1, 0.15) is 0 Å². The lowest BCUT2D eigenvalue weighted by molar-refractivity contribution is 0.346. The zero-order valence-electron chi connectivity index (χ0n) is 12.1. The van der Waals surface area contributed by atoms with E-state index in [0.717, 1.165) is 24.1 Å². The maximum atomic E-state index is 3.66. The molecule has 106 valence electrons. The molecule has 0 bridgehead atoms. The minimum atomic E-state index is 0.527. The summed E-state index contributed by atoms with van der Waals surface area (Å²) in [6, 6.07) is 9.73. The van der Waals surface area contributed by atoms with E-state index in [4.69, 9.17) is 0 Å². The largest absolute Gasteiger partial charge is 0.367 e. The van der Waals surface area contributed by atoms with Crippen molar-refractivity contribution in [2.75, 3.05) is 38.6 Å². The first-order valence-electron chi connectivity index (χ1n) is 6.96. The van der Waals surface area contributed by atoms with E-state index in [1.165, 1.54) is 12.1 Å². The summed E-state index contributed by atoms with van der Waals surface area (Å²) in [6.45, 7) is 5.57. The minimum absolute atomic E-state index is 0.527. The Bertz CT molecular complexity index is 408. The predicted octanol–water partition coefficient (Wildman–Crippen LogP) is 2.57. The molecule has 0 amide bonds. The van der Waals surface area contributed by atoms with Crippen molar-refractivity contribution in [3.8, 4) is 0 Å². The number of nitrogens with one attached hydrogen (secondary N) is 1. The Morgan fingerprint density at radius 2 is 2.21 bits per heavy atom. The third-order valence-electron chi connectivity index (χ3n) is 3.67. The van der Waals surface area contributed by atoms with Crippen LogP contribution in [0.4, 0.5) is 5.69 Å². The normalized spacial score (nSPS) is 24.6. The van der Waals surface area contributed by atoms with Crippen LogP contribution in [0, 0.1) is 0 Å². The van der Waals surface area contributed by atoms with Crippen molar-refractivity contribution in [2.45, 2.75) is 25.4 Å². The van der Waals surface area contributed by atoms with E-state index in [1.807, 2.05) is 0 Å². The van der Waals surface area contributed by atoms with Gasteiger partial charge in [-0.2, -0.15) is 0 Å². The second kappa shape index (κ2) is 6.73. The molecule has 3 nitrogen and oxygen atoms in total. The topological polar surface area (TPSA) is 18.5 Å². The van der Waals surface area contributed by atoms with Crippen molar-refractivity contribution in [2.24, 2.45) is 0 Å². The Labute approximate surface area is 125 Å². The van der Waals surface area contributed by atoms with Gasteiger partial charge < -0.3 is 15.1 Å². The highest BCUT2D eigenvalue weighted by Crippen LogP contribution is 2.24. The number of hydrogen-bond acceptors (Lipinski definition) is 3. The number of anilines is 1. The summed E-state index contributed by atoms with van der Waals surface area (Å²) in [5, 5.41) is 3.66. The van der Waals surface area contributed by atoms with E-state index < -0.39 is 0 Å². The standard InChI is InChI=1S/C15H24BrN3/c1-12-7-8-17-14(10-18(2)3)11-19(12)15-6-4-5-13(16)9-15/h4-6,9,12,14,17H,7-8,10-11H2,1-3H3. The molecule has 0 saturated carbocycles. The molecule has 2 rings (SSSR count). The zero-order chi connectivity index (χ0) is 13.8. The summed E-state index contributed by atoms with van der Waals surface area (Å²) >= 11 is 3.57. The van der Waals surface area contributed by atoms with Crippen LogP contribution in [0.15, 0.2) is 28.7 Å². The van der Waals surface area contributed by atoms with Gasteiger partial charge in [-0.25, -0.2) is 0 Å². The SMILES string of the molecule is CC1CCNC(CN(C)C)CN1c1cccc(Br)c1. The van der Waals surface area contributed by atoms with Crippen molar-refractivity contribution in [1.29, 1.82) is 0 Å². The van der Waals surface area contributed by atoms with Crippen molar-refractivity contribution in [1.82, 2.24) is 10.2 Å². The molecule has 1 aliphatic heterocycles. The molecule has 0 aliphatic carbocycles. The molecule has 0 aromatic heterocycles. The van der Waals surface area contributed by atoms with Crippen LogP contribution in [-0.4, -0.2) is 50.7 Å². The maximum absolute atomic E-state index is 3.66. The van der Waals surface area contributed by atoms with Gasteiger partial charge in [-0.15, -0.1) is 0 Å². The average Bonchev–Trinajstić information content (AvgIpc) is 2.51. The molecule has 1 aromatic rings. The van der Waals surface area contributed by atoms with Crippen LogP contribution >= 0.6 is 15.9 Å². The van der Waals surface area contributed by atoms with E-state index in [-0.39, 0.29) is 0 Å². The van der Waals surface area contributed by atoms with Gasteiger partial charge in [0, 0.05) is 35.3 Å². The van der Waals surface area contributed by atoms with Crippen LogP contribution in [0.2, 0.25) is 0 Å². The number of benzene rings is 1. The molecule has 2 atom stereocenters. The van der Waals surface area contributed by atoms with Crippen LogP contribution in [-0.2, 0) is 0 Å². The molecular formula is C15H24BrN3. The molecule has 2 unspecified atom stereocenters. The predicted molar refractivity (Wildman–Crippen MR) is 85.9 cm³/mol. The lowest BCUT2D eigenvalue weighted by atomic mass is 10.1. The van der Waals surface area contributed by atoms with Crippen molar-refractivity contribution < 1.29 is 0 Å². The van der Waals surface area contributed by atoms with E-state index in [1.54, 1.807) is 0 Å². The van der Waals surface area contributed by atoms with Gasteiger partial charge in [-0.1, -0.05) is 22.0 Å². The maximum Gasteiger partial charge on any atom is 0.0380 e. The van der Waals surface area contributed by atoms with Gasteiger partial charge in [0.2, 0.25) is 0 Å². The molecule has 1 fully saturated rings. The van der Waals surface area contributed by atoms with Crippen LogP contribution in [0.3, 0.4) is 0 Å². The first-order chi connectivity index (χ1) is 9.06. The van der Waals surface area contributed by atoms with E-state index in [9.17, 15) is 0 Å². The highest BCUT2D eigenvalue weighted by Gasteiger charge is 2.23. The molecule has 1 aromatic carbocycles. The quantitative estimate of drug-likeness (QED) is 0.921. The smallest absolute Gasteiger partial charge is 0.0380 e. The Hall–Kier alpha value is -0.580. The number of likely N-dealkylation sites (N-methyl/N-ethyl adjacent to an activating group) is 1. The van der Waals surface area contributed by atoms with Crippen LogP contribution in [0.5, 0.6) is 0 Å². The summed E-state index contributed by atoms with van der Waals surface area (Å²) in [6.07, 6.45) is 1.19. The second-order valence-corrected chi connectivity index (χ2v) is 6.60. The fourth-order valence-corrected chi connectivity index (χ4v) is 3.10. The average molecular weight is 326 g/mol. The number of rotatable bonds is 3. The minimum Gasteiger partial charge on any atom is -0.367 e. The fraction of sp³-hybridized carbons (Fsp3) is 0.600. The van der Waals surface area contributed by atoms with Gasteiger partial charge in [-0.05, 0) is 52.2 Å². The fourth-order valence-electron chi connectivity index (χ4n) is 2.71. The van der Waals surface area contributed by atoms with Gasteiger partial charge in [0.25, 0.3) is 0 Å². The second-order valence-electron chi connectivity index (χ2n) is 5.68. The lowest BCUT2D eigenvalue weighted by Gasteiger charge is -2.32.